The summed E-state index contributed by atoms with van der Waals surface area (Å²) in [4.78, 5) is 24.1. The molecule has 3 rings (SSSR count). The maximum atomic E-state index is 11.4. The number of carbonyl (C=O) groups is 1. The van der Waals surface area contributed by atoms with Gasteiger partial charge in [0.1, 0.15) is 17.4 Å². The third kappa shape index (κ3) is 2.39. The van der Waals surface area contributed by atoms with Gasteiger partial charge in [-0.25, -0.2) is 9.97 Å². The number of amides is 1. The Morgan fingerprint density at radius 2 is 2.25 bits per heavy atom. The number of primary amides is 1. The molecule has 1 saturated heterocycles. The SMILES string of the molecule is NC(=O)c1ccnc2c(N[C@H]3CCCNC3)ncnc12. The summed E-state index contributed by atoms with van der Waals surface area (Å²) in [6.07, 6.45) is 5.18. The van der Waals surface area contributed by atoms with Crippen molar-refractivity contribution in [3.8, 4) is 0 Å². The molecule has 0 aliphatic carbocycles. The van der Waals surface area contributed by atoms with Crippen LogP contribution in [0, 0.1) is 0 Å². The first kappa shape index (κ1) is 12.7. The fourth-order valence-electron chi connectivity index (χ4n) is 2.44. The zero-order valence-corrected chi connectivity index (χ0v) is 11.0. The quantitative estimate of drug-likeness (QED) is 0.741. The average molecular weight is 272 g/mol. The van der Waals surface area contributed by atoms with Crippen LogP contribution in [0.2, 0.25) is 0 Å². The summed E-state index contributed by atoms with van der Waals surface area (Å²) < 4.78 is 0. The molecule has 2 aromatic rings. The molecule has 7 heteroatoms. The van der Waals surface area contributed by atoms with Crippen molar-refractivity contribution < 1.29 is 4.79 Å². The number of nitrogens with zero attached hydrogens (tertiary/aromatic N) is 3. The van der Waals surface area contributed by atoms with E-state index in [0.29, 0.717) is 28.5 Å². The molecule has 1 amide bonds. The van der Waals surface area contributed by atoms with E-state index in [9.17, 15) is 4.79 Å². The Bertz CT molecular complexity index is 638. The number of hydrogen-bond acceptors (Lipinski definition) is 6. The van der Waals surface area contributed by atoms with Crippen LogP contribution in [0.1, 0.15) is 23.2 Å². The fourth-order valence-corrected chi connectivity index (χ4v) is 2.44. The predicted octanol–water partition coefficient (Wildman–Crippen LogP) is 0.288. The Labute approximate surface area is 116 Å². The average Bonchev–Trinajstić information content (AvgIpc) is 2.48. The maximum absolute atomic E-state index is 11.4. The lowest BCUT2D eigenvalue weighted by Gasteiger charge is -2.24. The first-order valence-electron chi connectivity index (χ1n) is 6.62. The van der Waals surface area contributed by atoms with Crippen molar-refractivity contribution in [1.29, 1.82) is 0 Å². The summed E-state index contributed by atoms with van der Waals surface area (Å²) in [6.45, 7) is 1.94. The molecule has 104 valence electrons. The highest BCUT2D eigenvalue weighted by molar-refractivity contribution is 6.05. The molecule has 4 N–H and O–H groups in total. The normalized spacial score (nSPS) is 18.9. The van der Waals surface area contributed by atoms with Gasteiger partial charge in [0.15, 0.2) is 5.82 Å². The molecule has 1 atom stereocenters. The van der Waals surface area contributed by atoms with E-state index in [2.05, 4.69) is 25.6 Å². The first-order chi connectivity index (χ1) is 9.75. The van der Waals surface area contributed by atoms with Gasteiger partial charge in [-0.2, -0.15) is 0 Å². The minimum Gasteiger partial charge on any atom is -0.366 e. The summed E-state index contributed by atoms with van der Waals surface area (Å²) >= 11 is 0. The largest absolute Gasteiger partial charge is 0.366 e. The van der Waals surface area contributed by atoms with E-state index in [4.69, 9.17) is 5.73 Å². The van der Waals surface area contributed by atoms with Gasteiger partial charge in [-0.15, -0.1) is 0 Å². The minimum atomic E-state index is -0.513. The number of nitrogens with one attached hydrogen (secondary N) is 2. The Morgan fingerprint density at radius 1 is 1.35 bits per heavy atom. The molecule has 1 fully saturated rings. The van der Waals surface area contributed by atoms with Crippen molar-refractivity contribution in [3.63, 3.8) is 0 Å². The van der Waals surface area contributed by atoms with E-state index in [1.807, 2.05) is 0 Å². The van der Waals surface area contributed by atoms with Gasteiger partial charge >= 0.3 is 0 Å². The zero-order valence-electron chi connectivity index (χ0n) is 11.0. The van der Waals surface area contributed by atoms with Gasteiger partial charge in [0.25, 0.3) is 5.91 Å². The zero-order chi connectivity index (χ0) is 13.9. The van der Waals surface area contributed by atoms with E-state index in [-0.39, 0.29) is 0 Å². The van der Waals surface area contributed by atoms with Crippen LogP contribution in [0.25, 0.3) is 11.0 Å². The molecule has 20 heavy (non-hydrogen) atoms. The van der Waals surface area contributed by atoms with Crippen LogP contribution >= 0.6 is 0 Å². The molecular weight excluding hydrogens is 256 g/mol. The minimum absolute atomic E-state index is 0.306. The molecule has 1 aliphatic rings. The van der Waals surface area contributed by atoms with E-state index in [0.717, 1.165) is 25.9 Å². The summed E-state index contributed by atoms with van der Waals surface area (Å²) in [5, 5.41) is 6.69. The fraction of sp³-hybridized carbons (Fsp3) is 0.385. The summed E-state index contributed by atoms with van der Waals surface area (Å²) in [6, 6.07) is 1.88. The third-order valence-corrected chi connectivity index (χ3v) is 3.43. The molecule has 3 heterocycles. The molecule has 7 nitrogen and oxygen atoms in total. The highest BCUT2D eigenvalue weighted by Gasteiger charge is 2.17. The molecular formula is C13H16N6O. The second-order valence-electron chi connectivity index (χ2n) is 4.83. The number of piperidine rings is 1. The number of carbonyl (C=O) groups excluding carboxylic acids is 1. The number of anilines is 1. The van der Waals surface area contributed by atoms with E-state index in [1.165, 1.54) is 6.33 Å². The number of rotatable bonds is 3. The third-order valence-electron chi connectivity index (χ3n) is 3.43. The molecule has 0 unspecified atom stereocenters. The lowest BCUT2D eigenvalue weighted by atomic mass is 10.1. The van der Waals surface area contributed by atoms with Crippen molar-refractivity contribution >= 4 is 22.8 Å². The summed E-state index contributed by atoms with van der Waals surface area (Å²) in [5.41, 5.74) is 6.79. The van der Waals surface area contributed by atoms with Crippen molar-refractivity contribution in [2.24, 2.45) is 5.73 Å². The van der Waals surface area contributed by atoms with Crippen LogP contribution < -0.4 is 16.4 Å². The highest BCUT2D eigenvalue weighted by Crippen LogP contribution is 2.21. The van der Waals surface area contributed by atoms with Gasteiger partial charge in [0.05, 0.1) is 5.56 Å². The van der Waals surface area contributed by atoms with Crippen molar-refractivity contribution in [2.75, 3.05) is 18.4 Å². The van der Waals surface area contributed by atoms with Gasteiger partial charge in [-0.1, -0.05) is 0 Å². The van der Waals surface area contributed by atoms with Gasteiger partial charge in [0, 0.05) is 18.8 Å². The lowest BCUT2D eigenvalue weighted by Crippen LogP contribution is -2.38. The molecule has 0 radical (unpaired) electrons. The van der Waals surface area contributed by atoms with Crippen LogP contribution in [0.4, 0.5) is 5.82 Å². The van der Waals surface area contributed by atoms with Crippen LogP contribution in [0.15, 0.2) is 18.6 Å². The smallest absolute Gasteiger partial charge is 0.251 e. The Balaban J connectivity index is 1.98. The second kappa shape index (κ2) is 5.38. The monoisotopic (exact) mass is 272 g/mol. The molecule has 0 spiro atoms. The lowest BCUT2D eigenvalue weighted by molar-refractivity contribution is 0.100. The van der Waals surface area contributed by atoms with Crippen molar-refractivity contribution in [1.82, 2.24) is 20.3 Å². The standard InChI is InChI=1S/C13H16N6O/c14-12(20)9-3-5-16-11-10(9)17-7-18-13(11)19-8-2-1-4-15-6-8/h3,5,7-8,15H,1-2,4,6H2,(H2,14,20)(H,17,18,19)/t8-/m0/s1. The van der Waals surface area contributed by atoms with E-state index >= 15 is 0 Å². The maximum Gasteiger partial charge on any atom is 0.251 e. The summed E-state index contributed by atoms with van der Waals surface area (Å²) in [5.74, 6) is 0.133. The molecule has 0 saturated carbocycles. The van der Waals surface area contributed by atoms with E-state index in [1.54, 1.807) is 12.3 Å². The van der Waals surface area contributed by atoms with Gasteiger partial charge in [-0.3, -0.25) is 9.78 Å². The summed E-state index contributed by atoms with van der Waals surface area (Å²) in [7, 11) is 0. The number of pyridine rings is 1. The Morgan fingerprint density at radius 3 is 3.00 bits per heavy atom. The van der Waals surface area contributed by atoms with Crippen LogP contribution in [0.5, 0.6) is 0 Å². The van der Waals surface area contributed by atoms with Crippen LogP contribution in [0.3, 0.4) is 0 Å². The predicted molar refractivity (Wildman–Crippen MR) is 75.4 cm³/mol. The van der Waals surface area contributed by atoms with Gasteiger partial charge in [-0.05, 0) is 25.5 Å². The van der Waals surface area contributed by atoms with Gasteiger partial charge in [0.2, 0.25) is 0 Å². The molecule has 2 aromatic heterocycles. The highest BCUT2D eigenvalue weighted by atomic mass is 16.1. The number of nitrogens with two attached hydrogens (primary N) is 1. The van der Waals surface area contributed by atoms with Crippen LogP contribution in [-0.4, -0.2) is 40.0 Å². The van der Waals surface area contributed by atoms with Gasteiger partial charge < -0.3 is 16.4 Å². The van der Waals surface area contributed by atoms with Crippen molar-refractivity contribution in [3.05, 3.63) is 24.2 Å². The Kier molecular flexibility index (Phi) is 3.42. The molecule has 0 aromatic carbocycles. The molecule has 0 bridgehead atoms. The second-order valence-corrected chi connectivity index (χ2v) is 4.83. The number of fused-ring (bicyclic) bond motifs is 1. The number of hydrogen-bond donors (Lipinski definition) is 3. The Hall–Kier alpha value is -2.28. The van der Waals surface area contributed by atoms with Crippen LogP contribution in [-0.2, 0) is 0 Å². The topological polar surface area (TPSA) is 106 Å². The number of aromatic nitrogens is 3. The molecule has 1 aliphatic heterocycles. The van der Waals surface area contributed by atoms with Crippen molar-refractivity contribution in [2.45, 2.75) is 18.9 Å². The first-order valence-corrected chi connectivity index (χ1v) is 6.62. The van der Waals surface area contributed by atoms with E-state index < -0.39 is 5.91 Å².